The molecule has 0 radical (unpaired) electrons. The van der Waals surface area contributed by atoms with Crippen molar-refractivity contribution in [2.24, 2.45) is 0 Å². The fourth-order valence-electron chi connectivity index (χ4n) is 0.966. The van der Waals surface area contributed by atoms with Crippen molar-refractivity contribution in [3.05, 3.63) is 0 Å². The Hall–Kier alpha value is 0.0969. The molecule has 13 heavy (non-hydrogen) atoms. The second-order valence-electron chi connectivity index (χ2n) is 2.94. The first-order valence-corrected chi connectivity index (χ1v) is 6.28. The molecule has 3 N–H and O–H groups in total. The Morgan fingerprint density at radius 3 is 1.69 bits per heavy atom. The first kappa shape index (κ1) is 18.8. The van der Waals surface area contributed by atoms with Crippen molar-refractivity contribution in [2.45, 2.75) is 59.9 Å². The monoisotopic (exact) mass is 210 g/mol. The van der Waals surface area contributed by atoms with Gasteiger partial charge >= 0.3 is 8.80 Å². The standard InChI is InChI=1S/C7H18O3Si.2CH4/c1-2-3-4-5-6-7-11(8,9)10;;/h8-10H,2-7H2,1H3;2*1H4. The zero-order chi connectivity index (χ0) is 8.74. The quantitative estimate of drug-likeness (QED) is 0.465. The average Bonchev–Trinajstić information content (AvgIpc) is 1.85. The molecule has 0 saturated heterocycles. The van der Waals surface area contributed by atoms with E-state index in [2.05, 4.69) is 6.92 Å². The lowest BCUT2D eigenvalue weighted by Crippen LogP contribution is -2.33. The van der Waals surface area contributed by atoms with Crippen LogP contribution >= 0.6 is 0 Å². The largest absolute Gasteiger partial charge is 0.492 e. The van der Waals surface area contributed by atoms with Gasteiger partial charge in [-0.3, -0.25) is 0 Å². The van der Waals surface area contributed by atoms with Crippen LogP contribution in [0.15, 0.2) is 0 Å². The summed E-state index contributed by atoms with van der Waals surface area (Å²) in [6, 6.07) is 0.191. The fourth-order valence-corrected chi connectivity index (χ4v) is 1.69. The minimum atomic E-state index is -3.72. The van der Waals surface area contributed by atoms with Crippen LogP contribution in [0.5, 0.6) is 0 Å². The molecule has 0 aromatic heterocycles. The predicted octanol–water partition coefficient (Wildman–Crippen LogP) is 2.14. The third kappa shape index (κ3) is 18.8. The van der Waals surface area contributed by atoms with Gasteiger partial charge in [-0.15, -0.1) is 0 Å². The number of unbranched alkanes of at least 4 members (excludes halogenated alkanes) is 4. The molecule has 0 aromatic rings. The number of rotatable bonds is 6. The molecule has 0 amide bonds. The van der Waals surface area contributed by atoms with Crippen molar-refractivity contribution in [3.8, 4) is 0 Å². The van der Waals surface area contributed by atoms with Gasteiger partial charge in [0.25, 0.3) is 0 Å². The van der Waals surface area contributed by atoms with Gasteiger partial charge in [-0.25, -0.2) is 0 Å². The molecule has 0 bridgehead atoms. The fraction of sp³-hybridized carbons (Fsp3) is 1.00. The topological polar surface area (TPSA) is 60.7 Å². The van der Waals surface area contributed by atoms with Crippen molar-refractivity contribution >= 4 is 8.80 Å². The Balaban J connectivity index is -0.000000500. The molecule has 0 atom stereocenters. The Bertz CT molecular complexity index is 91.4. The summed E-state index contributed by atoms with van der Waals surface area (Å²) >= 11 is 0. The Morgan fingerprint density at radius 1 is 0.846 bits per heavy atom. The summed E-state index contributed by atoms with van der Waals surface area (Å²) in [5, 5.41) is 0. The molecule has 3 nitrogen and oxygen atoms in total. The van der Waals surface area contributed by atoms with Gasteiger partial charge in [-0.2, -0.15) is 0 Å². The van der Waals surface area contributed by atoms with Crippen molar-refractivity contribution in [2.75, 3.05) is 0 Å². The van der Waals surface area contributed by atoms with Gasteiger partial charge < -0.3 is 14.4 Å². The van der Waals surface area contributed by atoms with Gasteiger partial charge in [0.2, 0.25) is 0 Å². The van der Waals surface area contributed by atoms with E-state index in [0.29, 0.717) is 0 Å². The third-order valence-electron chi connectivity index (χ3n) is 1.62. The maximum Gasteiger partial charge on any atom is 0.492 e. The Morgan fingerprint density at radius 2 is 1.31 bits per heavy atom. The van der Waals surface area contributed by atoms with Crippen molar-refractivity contribution < 1.29 is 14.4 Å². The summed E-state index contributed by atoms with van der Waals surface area (Å²) in [6.45, 7) is 2.13. The van der Waals surface area contributed by atoms with Gasteiger partial charge in [0.1, 0.15) is 0 Å². The van der Waals surface area contributed by atoms with E-state index < -0.39 is 8.80 Å². The highest BCUT2D eigenvalue weighted by Gasteiger charge is 2.25. The summed E-state index contributed by atoms with van der Waals surface area (Å²) in [5.74, 6) is 0. The van der Waals surface area contributed by atoms with E-state index in [4.69, 9.17) is 14.4 Å². The smallest absolute Gasteiger partial charge is 0.390 e. The van der Waals surface area contributed by atoms with E-state index in [1.165, 1.54) is 12.8 Å². The summed E-state index contributed by atoms with van der Waals surface area (Å²) in [7, 11) is -3.72. The molecule has 0 unspecified atom stereocenters. The SMILES string of the molecule is C.C.CCCCCCC[Si](O)(O)O. The summed E-state index contributed by atoms with van der Waals surface area (Å²) in [4.78, 5) is 25.9. The maximum absolute atomic E-state index is 8.62. The highest BCUT2D eigenvalue weighted by atomic mass is 28.4. The molecule has 0 rings (SSSR count). The van der Waals surface area contributed by atoms with Crippen LogP contribution in [0, 0.1) is 0 Å². The van der Waals surface area contributed by atoms with E-state index in [1.54, 1.807) is 0 Å². The molecule has 0 aliphatic rings. The van der Waals surface area contributed by atoms with Crippen LogP contribution in [-0.2, 0) is 0 Å². The normalized spacial score (nSPS) is 10.2. The molecule has 0 fully saturated rings. The molecule has 4 heteroatoms. The average molecular weight is 210 g/mol. The molecule has 0 spiro atoms. The lowest BCUT2D eigenvalue weighted by molar-refractivity contribution is 0.226. The zero-order valence-electron chi connectivity index (χ0n) is 7.08. The molecule has 0 aliphatic carbocycles. The second kappa shape index (κ2) is 10.2. The molecule has 0 heterocycles. The van der Waals surface area contributed by atoms with Crippen LogP contribution in [0.3, 0.4) is 0 Å². The predicted molar refractivity (Wildman–Crippen MR) is 59.4 cm³/mol. The van der Waals surface area contributed by atoms with Gasteiger partial charge in [0, 0.05) is 6.04 Å². The van der Waals surface area contributed by atoms with Gasteiger partial charge in [0.15, 0.2) is 0 Å². The van der Waals surface area contributed by atoms with Crippen molar-refractivity contribution in [1.82, 2.24) is 0 Å². The first-order chi connectivity index (χ1) is 5.06. The van der Waals surface area contributed by atoms with Crippen LogP contribution in [0.2, 0.25) is 6.04 Å². The molecule has 0 aromatic carbocycles. The summed E-state index contributed by atoms with van der Waals surface area (Å²) in [5.41, 5.74) is 0. The minimum Gasteiger partial charge on any atom is -0.390 e. The van der Waals surface area contributed by atoms with Gasteiger partial charge in [-0.05, 0) is 6.42 Å². The summed E-state index contributed by atoms with van der Waals surface area (Å²) < 4.78 is 0. The maximum atomic E-state index is 8.62. The van der Waals surface area contributed by atoms with E-state index in [9.17, 15) is 0 Å². The lowest BCUT2D eigenvalue weighted by Gasteiger charge is -2.07. The van der Waals surface area contributed by atoms with Gasteiger partial charge in [-0.1, -0.05) is 47.5 Å². The van der Waals surface area contributed by atoms with Crippen molar-refractivity contribution in [3.63, 3.8) is 0 Å². The molecular weight excluding hydrogens is 184 g/mol. The molecular formula is C9H26O3Si. The van der Waals surface area contributed by atoms with Crippen molar-refractivity contribution in [1.29, 1.82) is 0 Å². The molecule has 0 aliphatic heterocycles. The Kier molecular flexibility index (Phi) is 14.7. The van der Waals surface area contributed by atoms with E-state index in [0.717, 1.165) is 19.3 Å². The number of hydrogen-bond donors (Lipinski definition) is 3. The minimum absolute atomic E-state index is 0. The van der Waals surface area contributed by atoms with Crippen LogP contribution in [-0.4, -0.2) is 23.2 Å². The lowest BCUT2D eigenvalue weighted by atomic mass is 10.2. The third-order valence-corrected chi connectivity index (χ3v) is 2.64. The second-order valence-corrected chi connectivity index (χ2v) is 4.99. The van der Waals surface area contributed by atoms with E-state index in [1.807, 2.05) is 0 Å². The highest BCUT2D eigenvalue weighted by Crippen LogP contribution is 2.08. The van der Waals surface area contributed by atoms with Crippen LogP contribution in [0.25, 0.3) is 0 Å². The highest BCUT2D eigenvalue weighted by molar-refractivity contribution is 6.56. The zero-order valence-corrected chi connectivity index (χ0v) is 8.08. The van der Waals surface area contributed by atoms with Crippen LogP contribution < -0.4 is 0 Å². The number of hydrogen-bond acceptors (Lipinski definition) is 3. The van der Waals surface area contributed by atoms with Crippen LogP contribution in [0.4, 0.5) is 0 Å². The Labute approximate surface area is 83.8 Å². The van der Waals surface area contributed by atoms with E-state index >= 15 is 0 Å². The molecule has 84 valence electrons. The van der Waals surface area contributed by atoms with Gasteiger partial charge in [0.05, 0.1) is 0 Å². The van der Waals surface area contributed by atoms with E-state index in [-0.39, 0.29) is 20.9 Å². The first-order valence-electron chi connectivity index (χ1n) is 4.23. The summed E-state index contributed by atoms with van der Waals surface area (Å²) in [6.07, 6.45) is 5.22. The van der Waals surface area contributed by atoms with Crippen LogP contribution in [0.1, 0.15) is 53.9 Å². The molecule has 0 saturated carbocycles.